The van der Waals surface area contributed by atoms with Gasteiger partial charge in [-0.25, -0.2) is 0 Å². The number of hydrogen-bond acceptors (Lipinski definition) is 2. The zero-order chi connectivity index (χ0) is 12.3. The third kappa shape index (κ3) is 2.29. The van der Waals surface area contributed by atoms with E-state index in [1.807, 2.05) is 55.5 Å². The topological polar surface area (TPSA) is 49.8 Å². The van der Waals surface area contributed by atoms with Gasteiger partial charge in [0.05, 0.1) is 12.0 Å². The van der Waals surface area contributed by atoms with Gasteiger partial charge in [-0.2, -0.15) is 5.26 Å². The van der Waals surface area contributed by atoms with Crippen molar-refractivity contribution in [2.45, 2.75) is 12.8 Å². The number of nitrogen functional groups attached to an aromatic ring is 1. The molecule has 0 aliphatic heterocycles. The molecule has 1 unspecified atom stereocenters. The fraction of sp³-hybridized carbons (Fsp3) is 0.133. The van der Waals surface area contributed by atoms with E-state index in [0.29, 0.717) is 0 Å². The summed E-state index contributed by atoms with van der Waals surface area (Å²) < 4.78 is 0. The van der Waals surface area contributed by atoms with E-state index in [1.165, 1.54) is 0 Å². The van der Waals surface area contributed by atoms with Crippen molar-refractivity contribution in [3.05, 3.63) is 65.2 Å². The first-order valence-electron chi connectivity index (χ1n) is 5.53. The molecule has 2 N–H and O–H groups in total. The van der Waals surface area contributed by atoms with Crippen LogP contribution < -0.4 is 5.73 Å². The Morgan fingerprint density at radius 2 is 1.71 bits per heavy atom. The van der Waals surface area contributed by atoms with Gasteiger partial charge in [0, 0.05) is 5.69 Å². The fourth-order valence-corrected chi connectivity index (χ4v) is 1.92. The summed E-state index contributed by atoms with van der Waals surface area (Å²) in [5.41, 5.74) is 9.54. The van der Waals surface area contributed by atoms with Crippen molar-refractivity contribution in [1.82, 2.24) is 0 Å². The summed E-state index contributed by atoms with van der Waals surface area (Å²) in [5.74, 6) is -0.225. The lowest BCUT2D eigenvalue weighted by atomic mass is 9.90. The van der Waals surface area contributed by atoms with Crippen LogP contribution in [0.15, 0.2) is 48.5 Å². The molecule has 2 rings (SSSR count). The summed E-state index contributed by atoms with van der Waals surface area (Å²) in [6, 6.07) is 17.8. The number of rotatable bonds is 2. The molecular formula is C15H14N2. The number of nitrogens with zero attached hydrogens (tertiary/aromatic N) is 1. The van der Waals surface area contributed by atoms with Crippen molar-refractivity contribution in [2.24, 2.45) is 0 Å². The summed E-state index contributed by atoms with van der Waals surface area (Å²) in [7, 11) is 0. The standard InChI is InChI=1S/C15H14N2/c1-11-4-2-3-5-14(11)15(10-16)12-6-8-13(17)9-7-12/h2-9,15H,17H2,1H3. The van der Waals surface area contributed by atoms with Crippen LogP contribution in [0.1, 0.15) is 22.6 Å². The molecule has 0 aromatic heterocycles. The van der Waals surface area contributed by atoms with Crippen LogP contribution in [0.3, 0.4) is 0 Å². The largest absolute Gasteiger partial charge is 0.399 e. The second-order valence-electron chi connectivity index (χ2n) is 4.09. The van der Waals surface area contributed by atoms with Gasteiger partial charge in [0.2, 0.25) is 0 Å². The van der Waals surface area contributed by atoms with Gasteiger partial charge in [0.15, 0.2) is 0 Å². The van der Waals surface area contributed by atoms with Crippen LogP contribution in [0.4, 0.5) is 5.69 Å². The predicted octanol–water partition coefficient (Wildman–Crippen LogP) is 3.23. The van der Waals surface area contributed by atoms with Crippen molar-refractivity contribution >= 4 is 5.69 Å². The first kappa shape index (κ1) is 11.2. The van der Waals surface area contributed by atoms with Crippen molar-refractivity contribution < 1.29 is 0 Å². The van der Waals surface area contributed by atoms with E-state index < -0.39 is 0 Å². The Morgan fingerprint density at radius 3 is 2.29 bits per heavy atom. The summed E-state index contributed by atoms with van der Waals surface area (Å²) in [6.07, 6.45) is 0. The van der Waals surface area contributed by atoms with Crippen LogP contribution in [-0.4, -0.2) is 0 Å². The molecule has 1 atom stereocenters. The van der Waals surface area contributed by atoms with Crippen LogP contribution >= 0.6 is 0 Å². The van der Waals surface area contributed by atoms with Gasteiger partial charge in [-0.15, -0.1) is 0 Å². The molecule has 2 aromatic rings. The number of benzene rings is 2. The predicted molar refractivity (Wildman–Crippen MR) is 69.5 cm³/mol. The highest BCUT2D eigenvalue weighted by molar-refractivity contribution is 5.46. The lowest BCUT2D eigenvalue weighted by molar-refractivity contribution is 1.02. The van der Waals surface area contributed by atoms with E-state index in [0.717, 1.165) is 22.4 Å². The third-order valence-corrected chi connectivity index (χ3v) is 2.90. The van der Waals surface area contributed by atoms with Gasteiger partial charge in [-0.1, -0.05) is 36.4 Å². The van der Waals surface area contributed by atoms with Crippen LogP contribution in [0.5, 0.6) is 0 Å². The van der Waals surface area contributed by atoms with Crippen LogP contribution in [-0.2, 0) is 0 Å². The smallest absolute Gasteiger partial charge is 0.0965 e. The highest BCUT2D eigenvalue weighted by Gasteiger charge is 2.14. The number of nitriles is 1. The average Bonchev–Trinajstić information content (AvgIpc) is 2.35. The molecule has 0 amide bonds. The molecule has 2 heteroatoms. The van der Waals surface area contributed by atoms with Gasteiger partial charge >= 0.3 is 0 Å². The first-order chi connectivity index (χ1) is 8.22. The number of hydrogen-bond donors (Lipinski definition) is 1. The Hall–Kier alpha value is -2.27. The minimum atomic E-state index is -0.225. The van der Waals surface area contributed by atoms with Crippen LogP contribution in [0.25, 0.3) is 0 Å². The second-order valence-corrected chi connectivity index (χ2v) is 4.09. The van der Waals surface area contributed by atoms with Crippen molar-refractivity contribution in [1.29, 1.82) is 5.26 Å². The number of aryl methyl sites for hydroxylation is 1. The summed E-state index contributed by atoms with van der Waals surface area (Å²) in [5, 5.41) is 9.35. The molecule has 0 aliphatic rings. The minimum absolute atomic E-state index is 0.225. The molecule has 0 spiro atoms. The Kier molecular flexibility index (Phi) is 3.11. The maximum Gasteiger partial charge on any atom is 0.0965 e. The zero-order valence-corrected chi connectivity index (χ0v) is 9.72. The number of nitrogens with two attached hydrogens (primary N) is 1. The van der Waals surface area contributed by atoms with Crippen LogP contribution in [0.2, 0.25) is 0 Å². The Bertz CT molecular complexity index is 550. The first-order valence-corrected chi connectivity index (χ1v) is 5.53. The molecule has 0 bridgehead atoms. The van der Waals surface area contributed by atoms with Crippen molar-refractivity contribution in [2.75, 3.05) is 5.73 Å². The van der Waals surface area contributed by atoms with E-state index in [-0.39, 0.29) is 5.92 Å². The van der Waals surface area contributed by atoms with Crippen molar-refractivity contribution in [3.63, 3.8) is 0 Å². The maximum atomic E-state index is 9.35. The fourth-order valence-electron chi connectivity index (χ4n) is 1.92. The molecule has 2 aromatic carbocycles. The second kappa shape index (κ2) is 4.71. The van der Waals surface area contributed by atoms with E-state index in [2.05, 4.69) is 6.07 Å². The van der Waals surface area contributed by atoms with E-state index in [4.69, 9.17) is 5.73 Å². The molecule has 0 fully saturated rings. The Morgan fingerprint density at radius 1 is 1.06 bits per heavy atom. The molecule has 84 valence electrons. The van der Waals surface area contributed by atoms with E-state index >= 15 is 0 Å². The summed E-state index contributed by atoms with van der Waals surface area (Å²) in [4.78, 5) is 0. The lowest BCUT2D eigenvalue weighted by Crippen LogP contribution is -2.00. The van der Waals surface area contributed by atoms with E-state index in [9.17, 15) is 5.26 Å². The zero-order valence-electron chi connectivity index (χ0n) is 9.72. The highest BCUT2D eigenvalue weighted by atomic mass is 14.5. The molecule has 17 heavy (non-hydrogen) atoms. The van der Waals surface area contributed by atoms with Crippen molar-refractivity contribution in [3.8, 4) is 6.07 Å². The molecule has 0 aliphatic carbocycles. The molecule has 2 nitrogen and oxygen atoms in total. The maximum absolute atomic E-state index is 9.35. The van der Waals surface area contributed by atoms with Gasteiger partial charge < -0.3 is 5.73 Å². The molecular weight excluding hydrogens is 208 g/mol. The molecule has 0 saturated heterocycles. The molecule has 0 saturated carbocycles. The molecule has 0 radical (unpaired) electrons. The third-order valence-electron chi connectivity index (χ3n) is 2.90. The Balaban J connectivity index is 2.45. The lowest BCUT2D eigenvalue weighted by Gasteiger charge is -2.12. The van der Waals surface area contributed by atoms with Gasteiger partial charge in [0.1, 0.15) is 0 Å². The van der Waals surface area contributed by atoms with Gasteiger partial charge in [-0.3, -0.25) is 0 Å². The monoisotopic (exact) mass is 222 g/mol. The number of anilines is 1. The highest BCUT2D eigenvalue weighted by Crippen LogP contribution is 2.26. The normalized spacial score (nSPS) is 11.8. The minimum Gasteiger partial charge on any atom is -0.399 e. The van der Waals surface area contributed by atoms with Gasteiger partial charge in [-0.05, 0) is 35.7 Å². The summed E-state index contributed by atoms with van der Waals surface area (Å²) in [6.45, 7) is 2.02. The Labute approximate surface area is 101 Å². The quantitative estimate of drug-likeness (QED) is 0.793. The van der Waals surface area contributed by atoms with Crippen LogP contribution in [0, 0.1) is 18.3 Å². The average molecular weight is 222 g/mol. The molecule has 0 heterocycles. The summed E-state index contributed by atoms with van der Waals surface area (Å²) >= 11 is 0. The van der Waals surface area contributed by atoms with Gasteiger partial charge in [0.25, 0.3) is 0 Å². The van der Waals surface area contributed by atoms with E-state index in [1.54, 1.807) is 0 Å². The SMILES string of the molecule is Cc1ccccc1C(C#N)c1ccc(N)cc1.